The van der Waals surface area contributed by atoms with Gasteiger partial charge < -0.3 is 15.2 Å². The Bertz CT molecular complexity index is 1020. The maximum absolute atomic E-state index is 14.4. The molecule has 0 aliphatic carbocycles. The number of urea groups is 1. The lowest BCUT2D eigenvalue weighted by Crippen LogP contribution is -2.36. The summed E-state index contributed by atoms with van der Waals surface area (Å²) in [6, 6.07) is 13.3. The fraction of sp³-hybridized carbons (Fsp3) is 0.190. The molecule has 0 radical (unpaired) electrons. The molecule has 2 amide bonds. The van der Waals surface area contributed by atoms with Gasteiger partial charge in [-0.15, -0.1) is 0 Å². The highest BCUT2D eigenvalue weighted by Gasteiger charge is 2.11. The van der Waals surface area contributed by atoms with E-state index in [2.05, 4.69) is 21.7 Å². The van der Waals surface area contributed by atoms with Crippen LogP contribution in [0.1, 0.15) is 35.5 Å². The van der Waals surface area contributed by atoms with Crippen LogP contribution in [0.2, 0.25) is 0 Å². The van der Waals surface area contributed by atoms with Crippen LogP contribution in [0.25, 0.3) is 5.69 Å². The van der Waals surface area contributed by atoms with Gasteiger partial charge in [0.15, 0.2) is 0 Å². The van der Waals surface area contributed by atoms with E-state index in [0.717, 1.165) is 5.56 Å². The first kappa shape index (κ1) is 19.1. The number of carbonyl (C=O) groups excluding carboxylic acids is 1. The van der Waals surface area contributed by atoms with Gasteiger partial charge in [0, 0.05) is 18.9 Å². The van der Waals surface area contributed by atoms with Gasteiger partial charge in [-0.25, -0.2) is 14.2 Å². The molecular formula is C21H20FN5O. The number of benzene rings is 2. The number of rotatable bonds is 5. The molecule has 0 spiro atoms. The topological polar surface area (TPSA) is 82.7 Å². The fourth-order valence-corrected chi connectivity index (χ4v) is 2.85. The van der Waals surface area contributed by atoms with Crippen molar-refractivity contribution in [3.05, 3.63) is 83.2 Å². The van der Waals surface area contributed by atoms with Crippen molar-refractivity contribution >= 4 is 6.03 Å². The summed E-state index contributed by atoms with van der Waals surface area (Å²) in [5.41, 5.74) is 2.52. The molecule has 142 valence electrons. The summed E-state index contributed by atoms with van der Waals surface area (Å²) in [5, 5.41) is 14.4. The Morgan fingerprint density at radius 2 is 2.04 bits per heavy atom. The number of aromatic nitrogens is 2. The van der Waals surface area contributed by atoms with Crippen molar-refractivity contribution in [1.82, 2.24) is 20.2 Å². The number of amides is 2. The quantitative estimate of drug-likeness (QED) is 0.710. The molecule has 6 nitrogen and oxygen atoms in total. The van der Waals surface area contributed by atoms with Gasteiger partial charge in [-0.05, 0) is 49.2 Å². The molecule has 1 atom stereocenters. The van der Waals surface area contributed by atoms with Crippen molar-refractivity contribution in [2.24, 2.45) is 0 Å². The molecule has 0 aliphatic rings. The van der Waals surface area contributed by atoms with Crippen molar-refractivity contribution < 1.29 is 9.18 Å². The first-order valence-corrected chi connectivity index (χ1v) is 8.81. The Morgan fingerprint density at radius 3 is 2.64 bits per heavy atom. The van der Waals surface area contributed by atoms with Crippen molar-refractivity contribution in [3.63, 3.8) is 0 Å². The van der Waals surface area contributed by atoms with Crippen LogP contribution >= 0.6 is 0 Å². The summed E-state index contributed by atoms with van der Waals surface area (Å²) < 4.78 is 16.1. The highest BCUT2D eigenvalue weighted by Crippen LogP contribution is 2.17. The molecular weight excluding hydrogens is 357 g/mol. The number of nitrogens with one attached hydrogen (secondary N) is 2. The van der Waals surface area contributed by atoms with Crippen LogP contribution in [-0.4, -0.2) is 15.6 Å². The minimum absolute atomic E-state index is 0.200. The molecule has 7 heteroatoms. The van der Waals surface area contributed by atoms with E-state index in [0.29, 0.717) is 22.6 Å². The Labute approximate surface area is 162 Å². The number of hydrogen-bond acceptors (Lipinski definition) is 3. The standard InChI is InChI=1S/C21H20FN5O/c1-14(18-6-3-16(12-23)4-7-18)26-21(28)25-13-17-5-8-20(19(22)11-17)27-10-9-24-15(27)2/h3-11,14H,13H2,1-2H3,(H2,25,26,28). The highest BCUT2D eigenvalue weighted by atomic mass is 19.1. The van der Waals surface area contributed by atoms with Gasteiger partial charge in [-0.1, -0.05) is 18.2 Å². The number of imidazole rings is 1. The highest BCUT2D eigenvalue weighted by molar-refractivity contribution is 5.74. The lowest BCUT2D eigenvalue weighted by molar-refractivity contribution is 0.237. The van der Waals surface area contributed by atoms with Crippen molar-refractivity contribution in [1.29, 1.82) is 5.26 Å². The molecule has 1 unspecified atom stereocenters. The van der Waals surface area contributed by atoms with Gasteiger partial charge in [-0.2, -0.15) is 5.26 Å². The first-order chi connectivity index (χ1) is 13.5. The van der Waals surface area contributed by atoms with E-state index in [1.165, 1.54) is 6.07 Å². The largest absolute Gasteiger partial charge is 0.334 e. The molecule has 0 bridgehead atoms. The molecule has 0 aliphatic heterocycles. The van der Waals surface area contributed by atoms with E-state index in [9.17, 15) is 9.18 Å². The Balaban J connectivity index is 1.57. The average molecular weight is 377 g/mol. The summed E-state index contributed by atoms with van der Waals surface area (Å²) in [6.45, 7) is 3.85. The van der Waals surface area contributed by atoms with Crippen LogP contribution < -0.4 is 10.6 Å². The second-order valence-corrected chi connectivity index (χ2v) is 6.41. The van der Waals surface area contributed by atoms with E-state index in [1.54, 1.807) is 60.3 Å². The summed E-state index contributed by atoms with van der Waals surface area (Å²) in [6.07, 6.45) is 3.31. The molecule has 1 aromatic heterocycles. The second kappa shape index (κ2) is 8.35. The van der Waals surface area contributed by atoms with Crippen LogP contribution in [0.5, 0.6) is 0 Å². The second-order valence-electron chi connectivity index (χ2n) is 6.41. The number of aryl methyl sites for hydroxylation is 1. The molecule has 28 heavy (non-hydrogen) atoms. The van der Waals surface area contributed by atoms with Gasteiger partial charge in [0.05, 0.1) is 23.4 Å². The Hall–Kier alpha value is -3.66. The van der Waals surface area contributed by atoms with Crippen LogP contribution in [0, 0.1) is 24.1 Å². The Kier molecular flexibility index (Phi) is 5.70. The zero-order chi connectivity index (χ0) is 20.1. The predicted octanol–water partition coefficient (Wildman–Crippen LogP) is 3.75. The zero-order valence-corrected chi connectivity index (χ0v) is 15.6. The SMILES string of the molecule is Cc1nccn1-c1ccc(CNC(=O)NC(C)c2ccc(C#N)cc2)cc1F. The average Bonchev–Trinajstić information content (AvgIpc) is 3.12. The lowest BCUT2D eigenvalue weighted by atomic mass is 10.1. The third-order valence-electron chi connectivity index (χ3n) is 4.44. The van der Waals surface area contributed by atoms with E-state index in [-0.39, 0.29) is 24.4 Å². The maximum Gasteiger partial charge on any atom is 0.315 e. The first-order valence-electron chi connectivity index (χ1n) is 8.81. The minimum Gasteiger partial charge on any atom is -0.334 e. The van der Waals surface area contributed by atoms with Crippen molar-refractivity contribution in [3.8, 4) is 11.8 Å². The predicted molar refractivity (Wildman–Crippen MR) is 103 cm³/mol. The maximum atomic E-state index is 14.4. The van der Waals surface area contributed by atoms with Crippen LogP contribution in [0.3, 0.4) is 0 Å². The van der Waals surface area contributed by atoms with Crippen LogP contribution in [-0.2, 0) is 6.54 Å². The number of halogens is 1. The lowest BCUT2D eigenvalue weighted by Gasteiger charge is -2.15. The van der Waals surface area contributed by atoms with E-state index >= 15 is 0 Å². The van der Waals surface area contributed by atoms with Gasteiger partial charge >= 0.3 is 6.03 Å². The summed E-state index contributed by atoms with van der Waals surface area (Å²) >= 11 is 0. The number of hydrogen-bond donors (Lipinski definition) is 2. The zero-order valence-electron chi connectivity index (χ0n) is 15.6. The molecule has 1 heterocycles. The summed E-state index contributed by atoms with van der Waals surface area (Å²) in [4.78, 5) is 16.2. The smallest absolute Gasteiger partial charge is 0.315 e. The fourth-order valence-electron chi connectivity index (χ4n) is 2.85. The summed E-state index contributed by atoms with van der Waals surface area (Å²) in [5.74, 6) is 0.313. The van der Waals surface area contributed by atoms with Crippen molar-refractivity contribution in [2.45, 2.75) is 26.4 Å². The van der Waals surface area contributed by atoms with E-state index in [1.807, 2.05) is 6.92 Å². The van der Waals surface area contributed by atoms with E-state index < -0.39 is 0 Å². The van der Waals surface area contributed by atoms with Crippen LogP contribution in [0.4, 0.5) is 9.18 Å². The summed E-state index contributed by atoms with van der Waals surface area (Å²) in [7, 11) is 0. The molecule has 3 rings (SSSR count). The molecule has 0 saturated heterocycles. The van der Waals surface area contributed by atoms with Gasteiger partial charge in [0.1, 0.15) is 11.6 Å². The van der Waals surface area contributed by atoms with Gasteiger partial charge in [-0.3, -0.25) is 0 Å². The minimum atomic E-state index is -0.383. The molecule has 0 fully saturated rings. The molecule has 3 aromatic rings. The van der Waals surface area contributed by atoms with Gasteiger partial charge in [0.2, 0.25) is 0 Å². The normalized spacial score (nSPS) is 11.5. The van der Waals surface area contributed by atoms with Crippen LogP contribution in [0.15, 0.2) is 54.9 Å². The van der Waals surface area contributed by atoms with Crippen molar-refractivity contribution in [2.75, 3.05) is 0 Å². The third kappa shape index (κ3) is 4.35. The monoisotopic (exact) mass is 377 g/mol. The number of carbonyl (C=O) groups is 1. The van der Waals surface area contributed by atoms with E-state index in [4.69, 9.17) is 5.26 Å². The molecule has 0 saturated carbocycles. The number of nitriles is 1. The van der Waals surface area contributed by atoms with Gasteiger partial charge in [0.25, 0.3) is 0 Å². The number of nitrogens with zero attached hydrogens (tertiary/aromatic N) is 3. The molecule has 2 aromatic carbocycles. The Morgan fingerprint density at radius 1 is 1.29 bits per heavy atom. The third-order valence-corrected chi connectivity index (χ3v) is 4.44. The molecule has 2 N–H and O–H groups in total.